The summed E-state index contributed by atoms with van der Waals surface area (Å²) in [5, 5.41) is 8.18. The Balaban J connectivity index is 1.39. The van der Waals surface area contributed by atoms with Crippen molar-refractivity contribution in [2.24, 2.45) is 16.8 Å². The molecule has 2 N–H and O–H groups in total. The van der Waals surface area contributed by atoms with Gasteiger partial charge in [0, 0.05) is 24.4 Å². The van der Waals surface area contributed by atoms with Crippen LogP contribution in [0.1, 0.15) is 42.1 Å². The Labute approximate surface area is 165 Å². The standard InChI is InChI=1S/C19H23F3N4OS/c20-19(21,22)16-11-28-17(26-16)10-24-18(23-6-5-14-2-1-7-27-14)25-15-9-12-3-4-13(15)8-12/h1-2,7,11-13,15H,3-6,8-10H2,(H2,23,24,25). The van der Waals surface area contributed by atoms with Crippen LogP contribution in [0.2, 0.25) is 0 Å². The minimum Gasteiger partial charge on any atom is -0.469 e. The Kier molecular flexibility index (Phi) is 5.61. The highest BCUT2D eigenvalue weighted by Gasteiger charge is 2.39. The summed E-state index contributed by atoms with van der Waals surface area (Å²) in [5.41, 5.74) is -0.851. The topological polar surface area (TPSA) is 62.5 Å². The molecular weight excluding hydrogens is 389 g/mol. The van der Waals surface area contributed by atoms with Gasteiger partial charge in [0.2, 0.25) is 0 Å². The maximum atomic E-state index is 12.7. The number of guanidine groups is 1. The molecule has 2 bridgehead atoms. The van der Waals surface area contributed by atoms with E-state index in [1.54, 1.807) is 6.26 Å². The number of nitrogens with one attached hydrogen (secondary N) is 2. The summed E-state index contributed by atoms with van der Waals surface area (Å²) in [6, 6.07) is 4.14. The smallest absolute Gasteiger partial charge is 0.434 e. The van der Waals surface area contributed by atoms with Crippen molar-refractivity contribution in [1.82, 2.24) is 15.6 Å². The third kappa shape index (κ3) is 4.68. The summed E-state index contributed by atoms with van der Waals surface area (Å²) in [6.07, 6.45) is 2.88. The molecule has 2 saturated carbocycles. The SMILES string of the molecule is FC(F)(F)c1csc(CN=C(NCCc2ccco2)NC2CC3CCC2C3)n1. The molecule has 3 atom stereocenters. The van der Waals surface area contributed by atoms with E-state index in [1.807, 2.05) is 12.1 Å². The van der Waals surface area contributed by atoms with E-state index in [0.717, 1.165) is 34.8 Å². The minimum atomic E-state index is -4.41. The van der Waals surface area contributed by atoms with Gasteiger partial charge in [0.1, 0.15) is 10.8 Å². The van der Waals surface area contributed by atoms with Crippen LogP contribution >= 0.6 is 11.3 Å². The van der Waals surface area contributed by atoms with Gasteiger partial charge in [-0.15, -0.1) is 11.3 Å². The molecule has 0 aromatic carbocycles. The number of hydrogen-bond donors (Lipinski definition) is 2. The normalized spacial score (nSPS) is 24.7. The summed E-state index contributed by atoms with van der Waals surface area (Å²) in [7, 11) is 0. The van der Waals surface area contributed by atoms with Gasteiger partial charge in [-0.25, -0.2) is 9.98 Å². The lowest BCUT2D eigenvalue weighted by molar-refractivity contribution is -0.140. The van der Waals surface area contributed by atoms with E-state index in [0.29, 0.717) is 35.9 Å². The fraction of sp³-hybridized carbons (Fsp3) is 0.579. The van der Waals surface area contributed by atoms with Crippen LogP contribution in [0.5, 0.6) is 0 Å². The lowest BCUT2D eigenvalue weighted by atomic mass is 9.95. The average molecular weight is 412 g/mol. The number of nitrogens with zero attached hydrogens (tertiary/aromatic N) is 2. The molecule has 152 valence electrons. The zero-order chi connectivity index (χ0) is 19.6. The molecule has 2 aromatic heterocycles. The van der Waals surface area contributed by atoms with Crippen molar-refractivity contribution in [3.63, 3.8) is 0 Å². The number of thiazole rings is 1. The first-order chi connectivity index (χ1) is 13.5. The maximum absolute atomic E-state index is 12.7. The Bertz CT molecular complexity index is 802. The van der Waals surface area contributed by atoms with Gasteiger partial charge in [-0.3, -0.25) is 0 Å². The first-order valence-electron chi connectivity index (χ1n) is 9.56. The number of rotatable bonds is 6. The van der Waals surface area contributed by atoms with Crippen molar-refractivity contribution in [2.75, 3.05) is 6.54 Å². The molecule has 2 aromatic rings. The number of aromatic nitrogens is 1. The number of alkyl halides is 3. The highest BCUT2D eigenvalue weighted by atomic mass is 32.1. The fourth-order valence-electron chi connectivity index (χ4n) is 4.17. The lowest BCUT2D eigenvalue weighted by Crippen LogP contribution is -2.46. The minimum absolute atomic E-state index is 0.123. The third-order valence-corrected chi connectivity index (χ3v) is 6.35. The van der Waals surface area contributed by atoms with E-state index < -0.39 is 11.9 Å². The van der Waals surface area contributed by atoms with Gasteiger partial charge in [0.25, 0.3) is 0 Å². The fourth-order valence-corrected chi connectivity index (χ4v) is 4.89. The number of fused-ring (bicyclic) bond motifs is 2. The number of furan rings is 1. The van der Waals surface area contributed by atoms with Crippen LogP contribution in [0.15, 0.2) is 33.2 Å². The Morgan fingerprint density at radius 2 is 2.21 bits per heavy atom. The van der Waals surface area contributed by atoms with Crippen LogP contribution in [0.25, 0.3) is 0 Å². The summed E-state index contributed by atoms with van der Waals surface area (Å²) in [5.74, 6) is 2.97. The highest BCUT2D eigenvalue weighted by Crippen LogP contribution is 2.44. The van der Waals surface area contributed by atoms with E-state index in [-0.39, 0.29) is 6.54 Å². The second kappa shape index (κ2) is 8.14. The molecule has 5 nitrogen and oxygen atoms in total. The van der Waals surface area contributed by atoms with Crippen LogP contribution in [-0.4, -0.2) is 23.5 Å². The lowest BCUT2D eigenvalue weighted by Gasteiger charge is -2.25. The van der Waals surface area contributed by atoms with Crippen molar-refractivity contribution >= 4 is 17.3 Å². The first-order valence-corrected chi connectivity index (χ1v) is 10.4. The second-order valence-corrected chi connectivity index (χ2v) is 8.41. The van der Waals surface area contributed by atoms with E-state index in [2.05, 4.69) is 20.6 Å². The molecule has 0 aliphatic heterocycles. The number of aliphatic imine (C=N–C) groups is 1. The Morgan fingerprint density at radius 3 is 2.86 bits per heavy atom. The molecule has 9 heteroatoms. The quantitative estimate of drug-likeness (QED) is 0.551. The van der Waals surface area contributed by atoms with Crippen molar-refractivity contribution in [2.45, 2.75) is 50.9 Å². The number of halogens is 3. The molecule has 0 radical (unpaired) electrons. The molecule has 0 saturated heterocycles. The van der Waals surface area contributed by atoms with Gasteiger partial charge in [-0.1, -0.05) is 6.42 Å². The van der Waals surface area contributed by atoms with Gasteiger partial charge in [-0.2, -0.15) is 13.2 Å². The largest absolute Gasteiger partial charge is 0.469 e. The van der Waals surface area contributed by atoms with Gasteiger partial charge in [-0.05, 0) is 43.2 Å². The van der Waals surface area contributed by atoms with Crippen LogP contribution < -0.4 is 10.6 Å². The Hall–Kier alpha value is -2.03. The molecule has 2 aliphatic rings. The molecular formula is C19H23F3N4OS. The van der Waals surface area contributed by atoms with Gasteiger partial charge < -0.3 is 15.1 Å². The summed E-state index contributed by atoms with van der Waals surface area (Å²) in [6.45, 7) is 0.753. The van der Waals surface area contributed by atoms with E-state index >= 15 is 0 Å². The predicted octanol–water partition coefficient (Wildman–Crippen LogP) is 4.22. The molecule has 0 amide bonds. The molecule has 2 aliphatic carbocycles. The van der Waals surface area contributed by atoms with Crippen LogP contribution in [0.4, 0.5) is 13.2 Å². The van der Waals surface area contributed by atoms with Crippen LogP contribution in [-0.2, 0) is 19.1 Å². The molecule has 0 spiro atoms. The number of hydrogen-bond acceptors (Lipinski definition) is 4. The highest BCUT2D eigenvalue weighted by molar-refractivity contribution is 7.09. The predicted molar refractivity (Wildman–Crippen MR) is 101 cm³/mol. The Morgan fingerprint density at radius 1 is 1.32 bits per heavy atom. The molecule has 28 heavy (non-hydrogen) atoms. The summed E-state index contributed by atoms with van der Waals surface area (Å²) in [4.78, 5) is 8.16. The van der Waals surface area contributed by atoms with Gasteiger partial charge in [0.05, 0.1) is 12.8 Å². The summed E-state index contributed by atoms with van der Waals surface area (Å²) >= 11 is 0.986. The molecule has 3 unspecified atom stereocenters. The third-order valence-electron chi connectivity index (χ3n) is 5.52. The van der Waals surface area contributed by atoms with Crippen molar-refractivity contribution in [1.29, 1.82) is 0 Å². The van der Waals surface area contributed by atoms with Crippen molar-refractivity contribution < 1.29 is 17.6 Å². The maximum Gasteiger partial charge on any atom is 0.434 e. The summed E-state index contributed by atoms with van der Waals surface area (Å²) < 4.78 is 43.5. The van der Waals surface area contributed by atoms with E-state index in [9.17, 15) is 13.2 Å². The van der Waals surface area contributed by atoms with Crippen molar-refractivity contribution in [3.8, 4) is 0 Å². The van der Waals surface area contributed by atoms with Crippen LogP contribution in [0, 0.1) is 11.8 Å². The van der Waals surface area contributed by atoms with Crippen LogP contribution in [0.3, 0.4) is 0 Å². The van der Waals surface area contributed by atoms with E-state index in [1.165, 1.54) is 19.3 Å². The average Bonchev–Trinajstić information content (AvgIpc) is 3.43. The monoisotopic (exact) mass is 412 g/mol. The zero-order valence-electron chi connectivity index (χ0n) is 15.3. The second-order valence-electron chi connectivity index (χ2n) is 7.47. The van der Waals surface area contributed by atoms with Crippen molar-refractivity contribution in [3.05, 3.63) is 40.2 Å². The first kappa shape index (κ1) is 19.3. The van der Waals surface area contributed by atoms with Gasteiger partial charge >= 0.3 is 6.18 Å². The van der Waals surface area contributed by atoms with E-state index in [4.69, 9.17) is 4.42 Å². The zero-order valence-corrected chi connectivity index (χ0v) is 16.2. The van der Waals surface area contributed by atoms with Gasteiger partial charge in [0.15, 0.2) is 11.7 Å². The molecule has 2 heterocycles. The molecule has 2 fully saturated rings. The molecule has 4 rings (SSSR count).